The zero-order valence-electron chi connectivity index (χ0n) is 9.60. The van der Waals surface area contributed by atoms with Gasteiger partial charge >= 0.3 is 0 Å². The highest BCUT2D eigenvalue weighted by atomic mass is 15.1. The third-order valence-corrected chi connectivity index (χ3v) is 3.31. The lowest BCUT2D eigenvalue weighted by molar-refractivity contribution is 0.564. The van der Waals surface area contributed by atoms with Crippen LogP contribution in [0.4, 0.5) is 0 Å². The van der Waals surface area contributed by atoms with Crippen molar-refractivity contribution in [2.45, 2.75) is 64.2 Å². The molecule has 0 aliphatic heterocycles. The Bertz CT molecular complexity index is 251. The minimum atomic E-state index is 1.16. The van der Waals surface area contributed by atoms with Gasteiger partial charge in [0.2, 0.25) is 0 Å². The van der Waals surface area contributed by atoms with E-state index < -0.39 is 0 Å². The van der Waals surface area contributed by atoms with E-state index in [2.05, 4.69) is 16.3 Å². The first-order chi connectivity index (χ1) is 7.45. The molecule has 0 unspecified atom stereocenters. The second-order valence-electron chi connectivity index (χ2n) is 4.71. The maximum Gasteiger partial charge on any atom is 0.0625 e. The van der Waals surface area contributed by atoms with Crippen LogP contribution in [0.2, 0.25) is 0 Å². The molecule has 0 fully saturated rings. The first-order valence-corrected chi connectivity index (χ1v) is 6.48. The van der Waals surface area contributed by atoms with Gasteiger partial charge in [-0.2, -0.15) is 5.10 Å². The SMILES string of the molecule is c1c2n[nH]c1CCCCCCCCCC2. The Labute approximate surface area is 92.5 Å². The molecule has 0 spiro atoms. The first kappa shape index (κ1) is 10.7. The summed E-state index contributed by atoms with van der Waals surface area (Å²) in [7, 11) is 0. The number of H-pyrrole nitrogens is 1. The van der Waals surface area contributed by atoms with Crippen LogP contribution in [0, 0.1) is 0 Å². The largest absolute Gasteiger partial charge is 0.282 e. The third-order valence-electron chi connectivity index (χ3n) is 3.31. The average Bonchev–Trinajstić information content (AvgIpc) is 2.69. The van der Waals surface area contributed by atoms with Crippen LogP contribution in [-0.2, 0) is 12.8 Å². The van der Waals surface area contributed by atoms with Gasteiger partial charge in [-0.3, -0.25) is 5.10 Å². The second kappa shape index (κ2) is 5.94. The summed E-state index contributed by atoms with van der Waals surface area (Å²) in [5.74, 6) is 0. The summed E-state index contributed by atoms with van der Waals surface area (Å²) >= 11 is 0. The number of nitrogens with one attached hydrogen (secondary N) is 1. The van der Waals surface area contributed by atoms with Crippen LogP contribution >= 0.6 is 0 Å². The zero-order valence-corrected chi connectivity index (χ0v) is 9.60. The molecule has 0 radical (unpaired) electrons. The van der Waals surface area contributed by atoms with Gasteiger partial charge in [0.15, 0.2) is 0 Å². The number of aromatic nitrogens is 2. The monoisotopic (exact) mass is 206 g/mol. The van der Waals surface area contributed by atoms with Gasteiger partial charge in [-0.05, 0) is 31.7 Å². The molecule has 1 aliphatic carbocycles. The van der Waals surface area contributed by atoms with Crippen LogP contribution in [0.1, 0.15) is 62.8 Å². The molecular weight excluding hydrogens is 184 g/mol. The molecule has 1 N–H and O–H groups in total. The maximum atomic E-state index is 4.36. The molecule has 2 heteroatoms. The predicted octanol–water partition coefficient (Wildman–Crippen LogP) is 3.63. The van der Waals surface area contributed by atoms with E-state index in [0.29, 0.717) is 0 Å². The standard InChI is InChI=1S/C13H22N2/c1-2-4-6-8-10-13-11-12(14-15-13)9-7-5-3-1/h11H,1-10H2,(H,14,15). The third kappa shape index (κ3) is 3.69. The summed E-state index contributed by atoms with van der Waals surface area (Å²) in [6.07, 6.45) is 13.4. The highest BCUT2D eigenvalue weighted by Gasteiger charge is 2.02. The van der Waals surface area contributed by atoms with Gasteiger partial charge in [0.05, 0.1) is 5.69 Å². The van der Waals surface area contributed by atoms with Gasteiger partial charge in [-0.1, -0.05) is 38.5 Å². The molecule has 1 heterocycles. The molecular formula is C13H22N2. The number of hydrogen-bond donors (Lipinski definition) is 1. The van der Waals surface area contributed by atoms with Gasteiger partial charge in [0.1, 0.15) is 0 Å². The van der Waals surface area contributed by atoms with Crippen LogP contribution in [0.5, 0.6) is 0 Å². The average molecular weight is 206 g/mol. The number of aromatic amines is 1. The summed E-state index contributed by atoms with van der Waals surface area (Å²) in [4.78, 5) is 0. The van der Waals surface area contributed by atoms with Crippen molar-refractivity contribution in [1.29, 1.82) is 0 Å². The zero-order chi connectivity index (χ0) is 10.3. The van der Waals surface area contributed by atoms with E-state index in [1.807, 2.05) is 0 Å². The van der Waals surface area contributed by atoms with E-state index in [1.54, 1.807) is 0 Å². The number of hydrogen-bond acceptors (Lipinski definition) is 1. The van der Waals surface area contributed by atoms with Crippen molar-refractivity contribution in [2.24, 2.45) is 0 Å². The molecule has 0 aromatic carbocycles. The maximum absolute atomic E-state index is 4.36. The van der Waals surface area contributed by atoms with E-state index in [1.165, 1.54) is 69.2 Å². The van der Waals surface area contributed by atoms with E-state index in [9.17, 15) is 0 Å². The van der Waals surface area contributed by atoms with Crippen LogP contribution in [0.3, 0.4) is 0 Å². The van der Waals surface area contributed by atoms with Gasteiger partial charge in [-0.15, -0.1) is 0 Å². The van der Waals surface area contributed by atoms with Crippen molar-refractivity contribution < 1.29 is 0 Å². The highest BCUT2D eigenvalue weighted by molar-refractivity contribution is 5.08. The summed E-state index contributed by atoms with van der Waals surface area (Å²) < 4.78 is 0. The fourth-order valence-corrected chi connectivity index (χ4v) is 2.35. The van der Waals surface area contributed by atoms with Gasteiger partial charge < -0.3 is 0 Å². The van der Waals surface area contributed by atoms with Crippen LogP contribution in [0.15, 0.2) is 6.07 Å². The lowest BCUT2D eigenvalue weighted by Gasteiger charge is -2.01. The first-order valence-electron chi connectivity index (χ1n) is 6.48. The Kier molecular flexibility index (Phi) is 4.24. The predicted molar refractivity (Wildman–Crippen MR) is 62.9 cm³/mol. The molecule has 2 bridgehead atoms. The van der Waals surface area contributed by atoms with Crippen molar-refractivity contribution in [3.8, 4) is 0 Å². The minimum absolute atomic E-state index is 1.16. The summed E-state index contributed by atoms with van der Waals surface area (Å²) in [6.45, 7) is 0. The van der Waals surface area contributed by atoms with Crippen molar-refractivity contribution in [1.82, 2.24) is 10.2 Å². The fourth-order valence-electron chi connectivity index (χ4n) is 2.35. The quantitative estimate of drug-likeness (QED) is 0.690. The van der Waals surface area contributed by atoms with Crippen LogP contribution < -0.4 is 0 Å². The second-order valence-corrected chi connectivity index (χ2v) is 4.71. The molecule has 0 atom stereocenters. The molecule has 84 valence electrons. The fraction of sp³-hybridized carbons (Fsp3) is 0.769. The molecule has 0 saturated carbocycles. The van der Waals surface area contributed by atoms with Gasteiger partial charge in [0.25, 0.3) is 0 Å². The van der Waals surface area contributed by atoms with E-state index in [4.69, 9.17) is 0 Å². The van der Waals surface area contributed by atoms with Crippen molar-refractivity contribution in [3.63, 3.8) is 0 Å². The minimum Gasteiger partial charge on any atom is -0.282 e. The van der Waals surface area contributed by atoms with Gasteiger partial charge in [-0.25, -0.2) is 0 Å². The Balaban J connectivity index is 1.88. The van der Waals surface area contributed by atoms with Crippen LogP contribution in [-0.4, -0.2) is 10.2 Å². The number of nitrogens with zero attached hydrogens (tertiary/aromatic N) is 1. The Morgan fingerprint density at radius 2 is 1.40 bits per heavy atom. The molecule has 1 aliphatic rings. The lowest BCUT2D eigenvalue weighted by atomic mass is 10.1. The van der Waals surface area contributed by atoms with E-state index >= 15 is 0 Å². The summed E-state index contributed by atoms with van der Waals surface area (Å²) in [5, 5.41) is 7.52. The van der Waals surface area contributed by atoms with E-state index in [-0.39, 0.29) is 0 Å². The molecule has 0 saturated heterocycles. The Morgan fingerprint density at radius 1 is 0.800 bits per heavy atom. The molecule has 0 amide bonds. The molecule has 1 aromatic rings. The van der Waals surface area contributed by atoms with Crippen molar-refractivity contribution in [3.05, 3.63) is 17.5 Å². The molecule has 2 nitrogen and oxygen atoms in total. The van der Waals surface area contributed by atoms with Gasteiger partial charge in [0, 0.05) is 5.69 Å². The smallest absolute Gasteiger partial charge is 0.0625 e. The van der Waals surface area contributed by atoms with Crippen molar-refractivity contribution >= 4 is 0 Å². The topological polar surface area (TPSA) is 28.7 Å². The summed E-state index contributed by atoms with van der Waals surface area (Å²) in [5.41, 5.74) is 2.61. The number of aryl methyl sites for hydroxylation is 2. The Morgan fingerprint density at radius 3 is 2.13 bits per heavy atom. The normalized spacial score (nSPS) is 20.0. The molecule has 15 heavy (non-hydrogen) atoms. The number of fused-ring (bicyclic) bond motifs is 2. The highest BCUT2D eigenvalue weighted by Crippen LogP contribution is 2.14. The number of rotatable bonds is 0. The Hall–Kier alpha value is -0.790. The summed E-state index contributed by atoms with van der Waals surface area (Å²) in [6, 6.07) is 2.26. The van der Waals surface area contributed by atoms with Crippen LogP contribution in [0.25, 0.3) is 0 Å². The molecule has 2 rings (SSSR count). The van der Waals surface area contributed by atoms with E-state index in [0.717, 1.165) is 6.42 Å². The molecule has 1 aromatic heterocycles. The lowest BCUT2D eigenvalue weighted by Crippen LogP contribution is -1.88. The van der Waals surface area contributed by atoms with Crippen molar-refractivity contribution in [2.75, 3.05) is 0 Å².